The van der Waals surface area contributed by atoms with Crippen molar-refractivity contribution in [3.63, 3.8) is 0 Å². The van der Waals surface area contributed by atoms with Crippen LogP contribution in [0.15, 0.2) is 0 Å². The van der Waals surface area contributed by atoms with E-state index in [9.17, 15) is 36.3 Å². The second-order valence-electron chi connectivity index (χ2n) is 7.84. The van der Waals surface area contributed by atoms with E-state index >= 15 is 0 Å². The van der Waals surface area contributed by atoms with Gasteiger partial charge in [0, 0.05) is 26.3 Å². The van der Waals surface area contributed by atoms with E-state index < -0.39 is 61.4 Å². The van der Waals surface area contributed by atoms with Gasteiger partial charge in [-0.05, 0) is 19.3 Å². The van der Waals surface area contributed by atoms with Crippen LogP contribution in [-0.4, -0.2) is 26.7 Å². The first kappa shape index (κ1) is 29.5. The molecular formula is C22H29F5O6Si. The Morgan fingerprint density at radius 1 is 0.559 bits per heavy atom. The van der Waals surface area contributed by atoms with Gasteiger partial charge in [0.05, 0.1) is 6.04 Å². The molecule has 0 amide bonds. The summed E-state index contributed by atoms with van der Waals surface area (Å²) >= 11 is 0. The highest BCUT2D eigenvalue weighted by Crippen LogP contribution is 2.25. The molecule has 0 saturated carbocycles. The zero-order valence-electron chi connectivity index (χ0n) is 19.4. The largest absolute Gasteiger partial charge is 0.705 e. The van der Waals surface area contributed by atoms with Crippen LogP contribution >= 0.6 is 0 Å². The molecule has 1 rings (SSSR count). The van der Waals surface area contributed by atoms with Crippen LogP contribution in [0.2, 0.25) is 6.04 Å². The summed E-state index contributed by atoms with van der Waals surface area (Å²) in [5.74, 6) is -11.8. The lowest BCUT2D eigenvalue weighted by atomic mass is 10.0. The highest BCUT2D eigenvalue weighted by molar-refractivity contribution is 6.65. The van der Waals surface area contributed by atoms with Crippen molar-refractivity contribution < 1.29 is 49.6 Å². The zero-order chi connectivity index (χ0) is 25.9. The van der Waals surface area contributed by atoms with Crippen LogP contribution in [0.3, 0.4) is 0 Å². The summed E-state index contributed by atoms with van der Waals surface area (Å²) in [6.07, 6.45) is 4.85. The molecule has 34 heavy (non-hydrogen) atoms. The Labute approximate surface area is 196 Å². The number of benzene rings is 1. The lowest BCUT2D eigenvalue weighted by molar-refractivity contribution is -0.147. The average Bonchev–Trinajstić information content (AvgIpc) is 2.72. The number of halogens is 5. The third kappa shape index (κ3) is 9.39. The molecule has 0 saturated heterocycles. The molecule has 0 aromatic heterocycles. The molecule has 0 bridgehead atoms. The van der Waals surface area contributed by atoms with Crippen LogP contribution in [0.1, 0.15) is 77.7 Å². The van der Waals surface area contributed by atoms with Gasteiger partial charge in [0.2, 0.25) is 5.82 Å². The number of rotatable bonds is 14. The molecule has 6 nitrogen and oxygen atoms in total. The Bertz CT molecular complexity index is 810. The topological polar surface area (TPSA) is 78.9 Å². The standard InChI is InChI=1S/C22H29F5O6Si/c1-14(28)31-34(32-15(2)29,33-16(3)30)13-11-9-7-5-4-6-8-10-12-17-18(23)20(25)22(27)21(26)19(17)24/h4-13H2,1-3H3. The van der Waals surface area contributed by atoms with Gasteiger partial charge in [-0.3, -0.25) is 14.4 Å². The summed E-state index contributed by atoms with van der Waals surface area (Å²) in [5, 5.41) is 0. The lowest BCUT2D eigenvalue weighted by Crippen LogP contribution is -2.49. The van der Waals surface area contributed by atoms with E-state index in [0.717, 1.165) is 40.0 Å². The van der Waals surface area contributed by atoms with Gasteiger partial charge in [-0.15, -0.1) is 0 Å². The molecule has 0 fully saturated rings. The summed E-state index contributed by atoms with van der Waals surface area (Å²) in [4.78, 5) is 34.2. The van der Waals surface area contributed by atoms with Crippen molar-refractivity contribution >= 4 is 26.7 Å². The Kier molecular flexibility index (Phi) is 12.2. The minimum atomic E-state index is -3.81. The summed E-state index contributed by atoms with van der Waals surface area (Å²) in [6, 6.07) is 0.105. The molecule has 0 aliphatic heterocycles. The first-order chi connectivity index (χ1) is 15.9. The minimum absolute atomic E-state index is 0.105. The molecule has 0 atom stereocenters. The van der Waals surface area contributed by atoms with Crippen LogP contribution in [0.25, 0.3) is 0 Å². The molecule has 0 radical (unpaired) electrons. The first-order valence-corrected chi connectivity index (χ1v) is 12.9. The molecule has 1 aromatic rings. The molecule has 12 heteroatoms. The van der Waals surface area contributed by atoms with E-state index in [0.29, 0.717) is 25.7 Å². The van der Waals surface area contributed by atoms with Gasteiger partial charge in [0.1, 0.15) is 0 Å². The first-order valence-electron chi connectivity index (χ1n) is 11.0. The van der Waals surface area contributed by atoms with Crippen molar-refractivity contribution in [2.45, 2.75) is 84.6 Å². The molecule has 0 heterocycles. The summed E-state index contributed by atoms with van der Waals surface area (Å²) in [5.41, 5.74) is -0.794. The molecule has 0 spiro atoms. The van der Waals surface area contributed by atoms with Gasteiger partial charge in [-0.2, -0.15) is 0 Å². The lowest BCUT2D eigenvalue weighted by Gasteiger charge is -2.26. The zero-order valence-corrected chi connectivity index (χ0v) is 20.4. The van der Waals surface area contributed by atoms with E-state index in [2.05, 4.69) is 0 Å². The smallest absolute Gasteiger partial charge is 0.455 e. The predicted molar refractivity (Wildman–Crippen MR) is 113 cm³/mol. The summed E-state index contributed by atoms with van der Waals surface area (Å²) < 4.78 is 82.1. The maximum Gasteiger partial charge on any atom is 0.705 e. The average molecular weight is 513 g/mol. The van der Waals surface area contributed by atoms with Crippen LogP contribution in [0, 0.1) is 29.1 Å². The summed E-state index contributed by atoms with van der Waals surface area (Å²) in [7, 11) is -3.81. The molecule has 0 aliphatic rings. The van der Waals surface area contributed by atoms with Crippen molar-refractivity contribution in [1.82, 2.24) is 0 Å². The fourth-order valence-electron chi connectivity index (χ4n) is 3.45. The number of unbranched alkanes of at least 4 members (excludes halogenated alkanes) is 7. The van der Waals surface area contributed by atoms with Gasteiger partial charge in [-0.25, -0.2) is 22.0 Å². The van der Waals surface area contributed by atoms with Crippen molar-refractivity contribution in [1.29, 1.82) is 0 Å². The Morgan fingerprint density at radius 3 is 1.26 bits per heavy atom. The van der Waals surface area contributed by atoms with Crippen LogP contribution in [0.5, 0.6) is 0 Å². The Hall–Kier alpha value is -2.50. The van der Waals surface area contributed by atoms with Crippen molar-refractivity contribution in [3.05, 3.63) is 34.6 Å². The summed E-state index contributed by atoms with van der Waals surface area (Å²) in [6.45, 7) is 3.38. The van der Waals surface area contributed by atoms with Crippen LogP contribution in [-0.2, 0) is 34.1 Å². The second-order valence-corrected chi connectivity index (χ2v) is 10.3. The second kappa shape index (κ2) is 14.0. The minimum Gasteiger partial charge on any atom is -0.455 e. The normalized spacial score (nSPS) is 11.3. The Morgan fingerprint density at radius 2 is 0.882 bits per heavy atom. The van der Waals surface area contributed by atoms with E-state index in [-0.39, 0.29) is 18.9 Å². The highest BCUT2D eigenvalue weighted by atomic mass is 28.4. The third-order valence-electron chi connectivity index (χ3n) is 4.86. The fourth-order valence-corrected chi connectivity index (χ4v) is 5.87. The van der Waals surface area contributed by atoms with Gasteiger partial charge >= 0.3 is 8.80 Å². The predicted octanol–water partition coefficient (Wildman–Crippen LogP) is 5.67. The Balaban J connectivity index is 2.36. The monoisotopic (exact) mass is 512 g/mol. The highest BCUT2D eigenvalue weighted by Gasteiger charge is 2.51. The third-order valence-corrected chi connectivity index (χ3v) is 7.62. The molecule has 0 aliphatic carbocycles. The van der Waals surface area contributed by atoms with Crippen LogP contribution in [0.4, 0.5) is 22.0 Å². The van der Waals surface area contributed by atoms with Gasteiger partial charge < -0.3 is 13.3 Å². The SMILES string of the molecule is CC(=O)O[Si](CCCCCCCCCCc1c(F)c(F)c(F)c(F)c1F)(OC(C)=O)OC(C)=O. The molecule has 192 valence electrons. The van der Waals surface area contributed by atoms with Crippen molar-refractivity contribution in [2.24, 2.45) is 0 Å². The fraction of sp³-hybridized carbons (Fsp3) is 0.591. The van der Waals surface area contributed by atoms with Gasteiger partial charge in [-0.1, -0.05) is 38.5 Å². The molecule has 1 aromatic carbocycles. The van der Waals surface area contributed by atoms with E-state index in [1.807, 2.05) is 0 Å². The quantitative estimate of drug-likeness (QED) is 0.105. The van der Waals surface area contributed by atoms with Gasteiger partial charge in [0.25, 0.3) is 17.9 Å². The number of hydrogen-bond donors (Lipinski definition) is 0. The number of carbonyl (C=O) groups excluding carboxylic acids is 3. The van der Waals surface area contributed by atoms with Crippen molar-refractivity contribution in [3.8, 4) is 0 Å². The molecule has 0 unspecified atom stereocenters. The molecule has 0 N–H and O–H groups in total. The van der Waals surface area contributed by atoms with E-state index in [1.54, 1.807) is 0 Å². The van der Waals surface area contributed by atoms with Crippen LogP contribution < -0.4 is 0 Å². The number of carbonyl (C=O) groups is 3. The molecular weight excluding hydrogens is 483 g/mol. The van der Waals surface area contributed by atoms with Crippen molar-refractivity contribution in [2.75, 3.05) is 0 Å². The van der Waals surface area contributed by atoms with E-state index in [4.69, 9.17) is 13.3 Å². The van der Waals surface area contributed by atoms with Gasteiger partial charge in [0.15, 0.2) is 23.3 Å². The maximum absolute atomic E-state index is 13.6. The maximum atomic E-state index is 13.6. The number of hydrogen-bond acceptors (Lipinski definition) is 6. The van der Waals surface area contributed by atoms with E-state index in [1.165, 1.54) is 0 Å².